The predicted molar refractivity (Wildman–Crippen MR) is 59.9 cm³/mol. The van der Waals surface area contributed by atoms with Gasteiger partial charge in [-0.2, -0.15) is 5.26 Å². The first-order chi connectivity index (χ1) is 6.36. The van der Waals surface area contributed by atoms with Crippen LogP contribution in [0.3, 0.4) is 0 Å². The third kappa shape index (κ3) is 2.20. The van der Waals surface area contributed by atoms with Crippen LogP contribution < -0.4 is 0 Å². The van der Waals surface area contributed by atoms with Gasteiger partial charge in [0.25, 0.3) is 0 Å². The molecule has 0 amide bonds. The lowest BCUT2D eigenvalue weighted by atomic mass is 9.86. The van der Waals surface area contributed by atoms with Crippen LogP contribution in [0.2, 0.25) is 10.0 Å². The zero-order valence-electron chi connectivity index (χ0n) is 8.36. The van der Waals surface area contributed by atoms with Gasteiger partial charge in [0.2, 0.25) is 0 Å². The average Bonchev–Trinajstić information content (AvgIpc) is 2.02. The Morgan fingerprint density at radius 3 is 2.14 bits per heavy atom. The van der Waals surface area contributed by atoms with E-state index in [9.17, 15) is 0 Å². The summed E-state index contributed by atoms with van der Waals surface area (Å²) in [5.74, 6) is 0. The summed E-state index contributed by atoms with van der Waals surface area (Å²) in [6.45, 7) is 6.13. The van der Waals surface area contributed by atoms with Gasteiger partial charge in [-0.25, -0.2) is 0 Å². The summed E-state index contributed by atoms with van der Waals surface area (Å²) in [4.78, 5) is 0. The van der Waals surface area contributed by atoms with Gasteiger partial charge < -0.3 is 0 Å². The van der Waals surface area contributed by atoms with Crippen molar-refractivity contribution in [2.45, 2.75) is 26.2 Å². The van der Waals surface area contributed by atoms with Gasteiger partial charge in [-0.15, -0.1) is 0 Å². The maximum Gasteiger partial charge on any atom is 0.101 e. The Morgan fingerprint density at radius 1 is 1.14 bits per heavy atom. The molecule has 0 fully saturated rings. The van der Waals surface area contributed by atoms with E-state index in [-0.39, 0.29) is 5.41 Å². The summed E-state index contributed by atoms with van der Waals surface area (Å²) in [5.41, 5.74) is 1.34. The summed E-state index contributed by atoms with van der Waals surface area (Å²) in [6.07, 6.45) is 0. The minimum Gasteiger partial charge on any atom is -0.192 e. The second-order valence-corrected chi connectivity index (χ2v) is 4.99. The van der Waals surface area contributed by atoms with Crippen molar-refractivity contribution < 1.29 is 0 Å². The second-order valence-electron chi connectivity index (χ2n) is 4.17. The Balaban J connectivity index is 3.41. The Kier molecular flexibility index (Phi) is 3.09. The van der Waals surface area contributed by atoms with Crippen molar-refractivity contribution in [1.82, 2.24) is 0 Å². The molecule has 0 aliphatic carbocycles. The van der Waals surface area contributed by atoms with E-state index in [1.165, 1.54) is 0 Å². The summed E-state index contributed by atoms with van der Waals surface area (Å²) >= 11 is 11.9. The summed E-state index contributed by atoms with van der Waals surface area (Å²) in [6, 6.07) is 5.43. The number of nitriles is 1. The molecule has 0 aliphatic heterocycles. The van der Waals surface area contributed by atoms with E-state index in [1.54, 1.807) is 12.1 Å². The molecule has 3 heteroatoms. The maximum atomic E-state index is 8.82. The largest absolute Gasteiger partial charge is 0.192 e. The molecule has 0 radical (unpaired) electrons. The molecule has 1 aromatic rings. The number of benzene rings is 1. The second kappa shape index (κ2) is 3.81. The van der Waals surface area contributed by atoms with Crippen LogP contribution in [0.15, 0.2) is 12.1 Å². The topological polar surface area (TPSA) is 23.8 Å². The van der Waals surface area contributed by atoms with Crippen molar-refractivity contribution in [3.8, 4) is 6.07 Å². The smallest absolute Gasteiger partial charge is 0.101 e. The number of hydrogen-bond donors (Lipinski definition) is 0. The third-order valence-electron chi connectivity index (χ3n) is 1.99. The first kappa shape index (κ1) is 11.4. The molecule has 14 heavy (non-hydrogen) atoms. The van der Waals surface area contributed by atoms with Gasteiger partial charge in [0.05, 0.1) is 10.6 Å². The van der Waals surface area contributed by atoms with Gasteiger partial charge in [0, 0.05) is 5.02 Å². The van der Waals surface area contributed by atoms with Crippen LogP contribution in [0.5, 0.6) is 0 Å². The number of halogens is 2. The van der Waals surface area contributed by atoms with Gasteiger partial charge in [0.15, 0.2) is 0 Å². The average molecular weight is 228 g/mol. The molecule has 0 heterocycles. The maximum absolute atomic E-state index is 8.82. The lowest BCUT2D eigenvalue weighted by Crippen LogP contribution is -2.12. The van der Waals surface area contributed by atoms with Gasteiger partial charge in [-0.3, -0.25) is 0 Å². The highest BCUT2D eigenvalue weighted by molar-refractivity contribution is 6.35. The van der Waals surface area contributed by atoms with Gasteiger partial charge >= 0.3 is 0 Å². The molecule has 1 rings (SSSR count). The predicted octanol–water partition coefficient (Wildman–Crippen LogP) is 4.16. The first-order valence-corrected chi connectivity index (χ1v) is 5.01. The van der Waals surface area contributed by atoms with Crippen LogP contribution in [0, 0.1) is 11.3 Å². The van der Waals surface area contributed by atoms with E-state index < -0.39 is 0 Å². The molecule has 0 spiro atoms. The van der Waals surface area contributed by atoms with E-state index in [0.29, 0.717) is 15.6 Å². The van der Waals surface area contributed by atoms with Crippen LogP contribution in [0.25, 0.3) is 0 Å². The van der Waals surface area contributed by atoms with Gasteiger partial charge in [0.1, 0.15) is 6.07 Å². The van der Waals surface area contributed by atoms with Crippen molar-refractivity contribution in [3.63, 3.8) is 0 Å². The lowest BCUT2D eigenvalue weighted by molar-refractivity contribution is 0.590. The first-order valence-electron chi connectivity index (χ1n) is 4.26. The van der Waals surface area contributed by atoms with E-state index >= 15 is 0 Å². The lowest BCUT2D eigenvalue weighted by Gasteiger charge is -2.21. The van der Waals surface area contributed by atoms with Crippen molar-refractivity contribution in [3.05, 3.63) is 33.3 Å². The van der Waals surface area contributed by atoms with E-state index in [1.807, 2.05) is 26.8 Å². The zero-order valence-corrected chi connectivity index (χ0v) is 9.87. The molecule has 0 atom stereocenters. The number of nitrogens with zero attached hydrogens (tertiary/aromatic N) is 1. The molecule has 1 aromatic carbocycles. The van der Waals surface area contributed by atoms with Gasteiger partial charge in [-0.05, 0) is 23.1 Å². The minimum atomic E-state index is -0.0761. The molecule has 1 nitrogen and oxygen atoms in total. The molecular weight excluding hydrogens is 217 g/mol. The molecule has 0 saturated carbocycles. The quantitative estimate of drug-likeness (QED) is 0.653. The van der Waals surface area contributed by atoms with Crippen molar-refractivity contribution in [2.24, 2.45) is 0 Å². The standard InChI is InChI=1S/C11H11Cl2N/c1-11(2,3)8-4-7(6-14)9(12)5-10(8)13/h4-5H,1-3H3. The molecular formula is C11H11Cl2N. The molecule has 0 unspecified atom stereocenters. The highest BCUT2D eigenvalue weighted by atomic mass is 35.5. The van der Waals surface area contributed by atoms with Crippen LogP contribution in [0.4, 0.5) is 0 Å². The van der Waals surface area contributed by atoms with Crippen LogP contribution in [-0.2, 0) is 5.41 Å². The Hall–Kier alpha value is -0.710. The minimum absolute atomic E-state index is 0.0761. The van der Waals surface area contributed by atoms with Crippen LogP contribution in [-0.4, -0.2) is 0 Å². The zero-order chi connectivity index (χ0) is 10.9. The molecule has 74 valence electrons. The molecule has 0 aromatic heterocycles. The van der Waals surface area contributed by atoms with Crippen LogP contribution in [0.1, 0.15) is 31.9 Å². The normalized spacial score (nSPS) is 11.1. The van der Waals surface area contributed by atoms with Crippen molar-refractivity contribution in [2.75, 3.05) is 0 Å². The van der Waals surface area contributed by atoms with E-state index in [2.05, 4.69) is 0 Å². The van der Waals surface area contributed by atoms with E-state index in [0.717, 1.165) is 5.56 Å². The number of rotatable bonds is 0. The van der Waals surface area contributed by atoms with Crippen LogP contribution >= 0.6 is 23.2 Å². The fourth-order valence-electron chi connectivity index (χ4n) is 1.21. The summed E-state index contributed by atoms with van der Waals surface area (Å²) < 4.78 is 0. The highest BCUT2D eigenvalue weighted by Crippen LogP contribution is 2.33. The Labute approximate surface area is 94.3 Å². The Morgan fingerprint density at radius 2 is 1.71 bits per heavy atom. The fraction of sp³-hybridized carbons (Fsp3) is 0.364. The monoisotopic (exact) mass is 227 g/mol. The third-order valence-corrected chi connectivity index (χ3v) is 2.61. The fourth-order valence-corrected chi connectivity index (χ4v) is 1.92. The molecule has 0 saturated heterocycles. The molecule has 0 bridgehead atoms. The summed E-state index contributed by atoms with van der Waals surface area (Å²) in [7, 11) is 0. The SMILES string of the molecule is CC(C)(C)c1cc(C#N)c(Cl)cc1Cl. The highest BCUT2D eigenvalue weighted by Gasteiger charge is 2.19. The van der Waals surface area contributed by atoms with Crippen molar-refractivity contribution in [1.29, 1.82) is 5.26 Å². The number of hydrogen-bond acceptors (Lipinski definition) is 1. The molecule has 0 N–H and O–H groups in total. The van der Waals surface area contributed by atoms with E-state index in [4.69, 9.17) is 28.5 Å². The van der Waals surface area contributed by atoms with Gasteiger partial charge in [-0.1, -0.05) is 44.0 Å². The van der Waals surface area contributed by atoms with Crippen molar-refractivity contribution >= 4 is 23.2 Å². The molecule has 0 aliphatic rings. The Bertz CT molecular complexity index is 397. The summed E-state index contributed by atoms with van der Waals surface area (Å²) in [5, 5.41) is 9.84.